The number of hydrogen-bond acceptors (Lipinski definition) is 2. The van der Waals surface area contributed by atoms with Gasteiger partial charge in [-0.05, 0) is 40.6 Å². The predicted octanol–water partition coefficient (Wildman–Crippen LogP) is 3.63. The number of aromatic nitrogens is 1. The van der Waals surface area contributed by atoms with Crippen LogP contribution in [0.4, 0.5) is 0 Å². The molecule has 4 aromatic rings. The molecule has 0 saturated heterocycles. The smallest absolute Gasteiger partial charge is 0.271 e. The Morgan fingerprint density at radius 1 is 0.750 bits per heavy atom. The summed E-state index contributed by atoms with van der Waals surface area (Å²) in [7, 11) is 0. The fourth-order valence-electron chi connectivity index (χ4n) is 3.24. The van der Waals surface area contributed by atoms with Gasteiger partial charge in [0.25, 0.3) is 5.91 Å². The monoisotopic (exact) mass is 369 g/mol. The Balaban J connectivity index is 1.45. The Hall–Kier alpha value is -3.86. The molecule has 2 N–H and O–H groups in total. The first-order chi connectivity index (χ1) is 13.7. The van der Waals surface area contributed by atoms with Gasteiger partial charge in [-0.2, -0.15) is 0 Å². The molecule has 5 nitrogen and oxygen atoms in total. The maximum Gasteiger partial charge on any atom is 0.271 e. The summed E-state index contributed by atoms with van der Waals surface area (Å²) in [6, 6.07) is 24.8. The molecule has 0 saturated carbocycles. The first-order valence-electron chi connectivity index (χ1n) is 9.00. The zero-order chi connectivity index (χ0) is 19.3. The highest BCUT2D eigenvalue weighted by molar-refractivity contribution is 5.99. The van der Waals surface area contributed by atoms with E-state index >= 15 is 0 Å². The zero-order valence-electron chi connectivity index (χ0n) is 15.1. The number of rotatable bonds is 4. The van der Waals surface area contributed by atoms with E-state index in [1.54, 1.807) is 12.1 Å². The van der Waals surface area contributed by atoms with Crippen LogP contribution in [-0.4, -0.2) is 16.4 Å². The first kappa shape index (κ1) is 17.5. The molecule has 1 aromatic heterocycles. The van der Waals surface area contributed by atoms with Crippen LogP contribution in [0.5, 0.6) is 0 Å². The number of carbonyl (C=O) groups excluding carboxylic acids is 2. The zero-order valence-corrected chi connectivity index (χ0v) is 15.1. The van der Waals surface area contributed by atoms with Crippen LogP contribution in [0.3, 0.4) is 0 Å². The highest BCUT2D eigenvalue weighted by Crippen LogP contribution is 2.19. The summed E-state index contributed by atoms with van der Waals surface area (Å²) >= 11 is 0. The van der Waals surface area contributed by atoms with Gasteiger partial charge in [0.2, 0.25) is 5.91 Å². The minimum absolute atomic E-state index is 0.181. The van der Waals surface area contributed by atoms with Crippen molar-refractivity contribution >= 4 is 22.6 Å². The van der Waals surface area contributed by atoms with Gasteiger partial charge in [0.1, 0.15) is 0 Å². The number of amides is 2. The summed E-state index contributed by atoms with van der Waals surface area (Å²) in [5.74, 6) is -0.640. The average molecular weight is 369 g/mol. The molecule has 1 heterocycles. The molecular formula is C23H19N3O2. The van der Waals surface area contributed by atoms with E-state index in [0.717, 1.165) is 22.0 Å². The number of nitrogens with one attached hydrogen (secondary N) is 2. The lowest BCUT2D eigenvalue weighted by Gasteiger charge is -2.12. The average Bonchev–Trinajstić information content (AvgIpc) is 3.27. The third-order valence-electron chi connectivity index (χ3n) is 4.58. The van der Waals surface area contributed by atoms with Crippen molar-refractivity contribution in [3.05, 3.63) is 102 Å². The van der Waals surface area contributed by atoms with Gasteiger partial charge >= 0.3 is 0 Å². The molecule has 3 aromatic carbocycles. The van der Waals surface area contributed by atoms with E-state index in [9.17, 15) is 9.59 Å². The summed E-state index contributed by atoms with van der Waals surface area (Å²) in [4.78, 5) is 25.0. The van der Waals surface area contributed by atoms with Crippen molar-refractivity contribution in [1.82, 2.24) is 15.4 Å². The molecule has 0 aliphatic rings. The van der Waals surface area contributed by atoms with E-state index in [1.165, 1.54) is 0 Å². The Labute approximate surface area is 162 Å². The van der Waals surface area contributed by atoms with Gasteiger partial charge in [-0.3, -0.25) is 20.4 Å². The second-order valence-corrected chi connectivity index (χ2v) is 6.42. The second-order valence-electron chi connectivity index (χ2n) is 6.42. The second kappa shape index (κ2) is 7.80. The van der Waals surface area contributed by atoms with Gasteiger partial charge in [0.05, 0.1) is 17.7 Å². The van der Waals surface area contributed by atoms with Gasteiger partial charge in [-0.15, -0.1) is 0 Å². The van der Waals surface area contributed by atoms with E-state index in [-0.39, 0.29) is 18.2 Å². The molecule has 0 fully saturated rings. The highest BCUT2D eigenvalue weighted by Gasteiger charge is 2.13. The first-order valence-corrected chi connectivity index (χ1v) is 9.00. The lowest BCUT2D eigenvalue weighted by Crippen LogP contribution is -2.42. The molecular weight excluding hydrogens is 350 g/mol. The van der Waals surface area contributed by atoms with Crippen LogP contribution in [0.1, 0.15) is 15.9 Å². The van der Waals surface area contributed by atoms with Crippen LogP contribution < -0.4 is 10.9 Å². The van der Waals surface area contributed by atoms with E-state index < -0.39 is 0 Å². The molecule has 0 aliphatic heterocycles. The number of nitrogens with zero attached hydrogens (tertiary/aromatic N) is 1. The summed E-state index contributed by atoms with van der Waals surface area (Å²) in [6.07, 6.45) is 3.91. The van der Waals surface area contributed by atoms with Crippen molar-refractivity contribution in [3.63, 3.8) is 0 Å². The van der Waals surface area contributed by atoms with Crippen molar-refractivity contribution in [1.29, 1.82) is 0 Å². The van der Waals surface area contributed by atoms with Gasteiger partial charge in [-0.1, -0.05) is 54.6 Å². The molecule has 0 radical (unpaired) electrons. The van der Waals surface area contributed by atoms with Crippen molar-refractivity contribution in [2.45, 2.75) is 6.42 Å². The summed E-state index contributed by atoms with van der Waals surface area (Å²) < 4.78 is 1.85. The maximum absolute atomic E-state index is 12.6. The number of hydrogen-bond donors (Lipinski definition) is 2. The molecule has 0 spiro atoms. The highest BCUT2D eigenvalue weighted by atomic mass is 16.2. The number of benzene rings is 3. The molecule has 0 atom stereocenters. The minimum atomic E-state index is -0.365. The third kappa shape index (κ3) is 3.64. The van der Waals surface area contributed by atoms with Gasteiger partial charge in [-0.25, -0.2) is 0 Å². The van der Waals surface area contributed by atoms with Gasteiger partial charge < -0.3 is 4.57 Å². The lowest BCUT2D eigenvalue weighted by molar-refractivity contribution is -0.121. The number of fused-ring (bicyclic) bond motifs is 1. The van der Waals surface area contributed by atoms with Crippen LogP contribution in [0, 0.1) is 0 Å². The molecule has 2 amide bonds. The van der Waals surface area contributed by atoms with E-state index in [1.807, 2.05) is 83.7 Å². The van der Waals surface area contributed by atoms with E-state index in [4.69, 9.17) is 0 Å². The van der Waals surface area contributed by atoms with Crippen molar-refractivity contribution in [2.75, 3.05) is 0 Å². The number of hydrazine groups is 1. The molecule has 4 rings (SSSR count). The Bertz CT molecular complexity index is 1130. The normalized spacial score (nSPS) is 10.6. The van der Waals surface area contributed by atoms with Crippen LogP contribution in [-0.2, 0) is 11.2 Å². The SMILES string of the molecule is O=C(Cc1cccc2ccccc12)NNC(=O)c1ccccc1-n1cccc1. The quantitative estimate of drug-likeness (QED) is 0.540. The van der Waals surface area contributed by atoms with E-state index in [2.05, 4.69) is 10.9 Å². The largest absolute Gasteiger partial charge is 0.323 e. The fourth-order valence-corrected chi connectivity index (χ4v) is 3.24. The maximum atomic E-state index is 12.6. The van der Waals surface area contributed by atoms with E-state index in [0.29, 0.717) is 5.56 Å². The van der Waals surface area contributed by atoms with Crippen LogP contribution in [0.15, 0.2) is 91.3 Å². The standard InChI is InChI=1S/C23H19N3O2/c27-22(16-18-10-7-9-17-8-1-2-11-19(17)18)24-25-23(28)20-12-3-4-13-21(20)26-14-5-6-15-26/h1-15H,16H2,(H,24,27)(H,25,28). The fraction of sp³-hybridized carbons (Fsp3) is 0.0435. The molecule has 0 bridgehead atoms. The minimum Gasteiger partial charge on any atom is -0.323 e. The Morgan fingerprint density at radius 2 is 1.46 bits per heavy atom. The molecule has 5 heteroatoms. The lowest BCUT2D eigenvalue weighted by atomic mass is 10.0. The summed E-state index contributed by atoms with van der Waals surface area (Å²) in [5.41, 5.74) is 7.17. The topological polar surface area (TPSA) is 63.1 Å². The van der Waals surface area contributed by atoms with Crippen LogP contribution >= 0.6 is 0 Å². The molecule has 138 valence electrons. The molecule has 28 heavy (non-hydrogen) atoms. The molecule has 0 aliphatic carbocycles. The van der Waals surface area contributed by atoms with Crippen LogP contribution in [0.2, 0.25) is 0 Å². The Morgan fingerprint density at radius 3 is 2.32 bits per heavy atom. The third-order valence-corrected chi connectivity index (χ3v) is 4.58. The summed E-state index contributed by atoms with van der Waals surface area (Å²) in [6.45, 7) is 0. The van der Waals surface area contributed by atoms with Crippen molar-refractivity contribution in [3.8, 4) is 5.69 Å². The van der Waals surface area contributed by atoms with Gasteiger partial charge in [0.15, 0.2) is 0 Å². The van der Waals surface area contributed by atoms with Crippen molar-refractivity contribution in [2.24, 2.45) is 0 Å². The predicted molar refractivity (Wildman–Crippen MR) is 109 cm³/mol. The molecule has 0 unspecified atom stereocenters. The Kier molecular flexibility index (Phi) is 4.89. The number of carbonyl (C=O) groups is 2. The van der Waals surface area contributed by atoms with Crippen molar-refractivity contribution < 1.29 is 9.59 Å². The van der Waals surface area contributed by atoms with Crippen LogP contribution in [0.25, 0.3) is 16.5 Å². The number of para-hydroxylation sites is 1. The van der Waals surface area contributed by atoms with Gasteiger partial charge in [0, 0.05) is 12.4 Å². The summed E-state index contributed by atoms with van der Waals surface area (Å²) in [5, 5.41) is 2.11.